The summed E-state index contributed by atoms with van der Waals surface area (Å²) in [7, 11) is 0. The second-order valence-corrected chi connectivity index (χ2v) is 4.87. The van der Waals surface area contributed by atoms with Crippen molar-refractivity contribution in [2.75, 3.05) is 5.32 Å². The van der Waals surface area contributed by atoms with E-state index in [0.717, 1.165) is 0 Å². The molecule has 0 aliphatic rings. The molecular weight excluding hydrogens is 318 g/mol. The number of carbonyl (C=O) groups is 1. The fraction of sp³-hybridized carbons (Fsp3) is 0.143. The number of ether oxygens (including phenoxy) is 1. The average molecular weight is 329 g/mol. The summed E-state index contributed by atoms with van der Waals surface area (Å²) in [6, 6.07) is 6.69. The van der Waals surface area contributed by atoms with E-state index >= 15 is 0 Å². The van der Waals surface area contributed by atoms with Crippen LogP contribution in [0.5, 0.6) is 5.75 Å². The Morgan fingerprint density at radius 2 is 1.95 bits per heavy atom. The molecule has 0 saturated carbocycles. The normalized spacial score (nSPS) is 11.1. The topological polar surface area (TPSA) is 71.2 Å². The van der Waals surface area contributed by atoms with Crippen molar-refractivity contribution >= 4 is 23.2 Å². The number of amides is 1. The number of benzene rings is 1. The van der Waals surface area contributed by atoms with Gasteiger partial charge in [-0.25, -0.2) is 0 Å². The number of hydrogen-bond acceptors (Lipinski definition) is 3. The summed E-state index contributed by atoms with van der Waals surface area (Å²) in [4.78, 5) is 25.7. The van der Waals surface area contributed by atoms with Crippen LogP contribution in [0.3, 0.4) is 0 Å². The number of aromatic amines is 1. The first kappa shape index (κ1) is 16.0. The molecule has 0 radical (unpaired) electrons. The molecule has 1 amide bonds. The van der Waals surface area contributed by atoms with Gasteiger partial charge in [0.05, 0.1) is 5.56 Å². The van der Waals surface area contributed by atoms with Crippen molar-refractivity contribution in [3.8, 4) is 5.75 Å². The number of carbonyl (C=O) groups excluding carboxylic acids is 1. The number of alkyl halides is 3. The first-order valence-electron chi connectivity index (χ1n) is 6.11. The maximum Gasteiger partial charge on any atom is 0.487 e. The molecule has 1 heterocycles. The molecule has 1 aromatic carbocycles. The van der Waals surface area contributed by atoms with Gasteiger partial charge in [-0.15, -0.1) is 8.78 Å². The molecule has 0 saturated heterocycles. The fourth-order valence-corrected chi connectivity index (χ4v) is 1.76. The SMILES string of the molecule is Cc1cc(C(=O)Nc2ccc(OC(F)(F)Cl)cc2)c[nH]c1=O. The number of hydrogen-bond donors (Lipinski definition) is 2. The largest absolute Gasteiger partial charge is 0.487 e. The minimum absolute atomic E-state index is 0.141. The van der Waals surface area contributed by atoms with Crippen molar-refractivity contribution in [3.63, 3.8) is 0 Å². The van der Waals surface area contributed by atoms with Crippen molar-refractivity contribution in [1.29, 1.82) is 0 Å². The number of nitrogens with one attached hydrogen (secondary N) is 2. The zero-order valence-corrected chi connectivity index (χ0v) is 12.1. The van der Waals surface area contributed by atoms with E-state index in [2.05, 4.69) is 26.6 Å². The first-order chi connectivity index (χ1) is 10.2. The summed E-state index contributed by atoms with van der Waals surface area (Å²) in [5.74, 6) is -0.589. The van der Waals surface area contributed by atoms with Crippen LogP contribution in [0.2, 0.25) is 0 Å². The summed E-state index contributed by atoms with van der Waals surface area (Å²) in [6.45, 7) is 1.58. The van der Waals surface area contributed by atoms with Crippen LogP contribution in [0.1, 0.15) is 15.9 Å². The number of aryl methyl sites for hydroxylation is 1. The average Bonchev–Trinajstić information content (AvgIpc) is 2.42. The van der Waals surface area contributed by atoms with Gasteiger partial charge in [-0.1, -0.05) is 0 Å². The highest BCUT2D eigenvalue weighted by atomic mass is 35.5. The molecule has 0 fully saturated rings. The predicted molar refractivity (Wildman–Crippen MR) is 77.6 cm³/mol. The lowest BCUT2D eigenvalue weighted by Gasteiger charge is -2.11. The van der Waals surface area contributed by atoms with Crippen molar-refractivity contribution < 1.29 is 18.3 Å². The molecule has 0 unspecified atom stereocenters. The molecule has 0 aliphatic heterocycles. The molecule has 2 N–H and O–H groups in total. The predicted octanol–water partition coefficient (Wildman–Crippen LogP) is 3.10. The summed E-state index contributed by atoms with van der Waals surface area (Å²) in [6.07, 6.45) is 1.29. The van der Waals surface area contributed by atoms with E-state index in [1.807, 2.05) is 0 Å². The van der Waals surface area contributed by atoms with E-state index in [4.69, 9.17) is 0 Å². The Balaban J connectivity index is 2.08. The first-order valence-corrected chi connectivity index (χ1v) is 6.49. The molecule has 1 aromatic heterocycles. The third kappa shape index (κ3) is 4.29. The summed E-state index contributed by atoms with van der Waals surface area (Å²) in [5.41, 5.74) is -3.03. The van der Waals surface area contributed by atoms with E-state index in [-0.39, 0.29) is 16.9 Å². The number of H-pyrrole nitrogens is 1. The zero-order chi connectivity index (χ0) is 16.3. The van der Waals surface area contributed by atoms with Gasteiger partial charge in [-0.05, 0) is 37.3 Å². The molecule has 0 aliphatic carbocycles. The molecule has 0 spiro atoms. The molecule has 116 valence electrons. The van der Waals surface area contributed by atoms with Crippen LogP contribution < -0.4 is 15.6 Å². The van der Waals surface area contributed by atoms with Gasteiger partial charge in [0, 0.05) is 29.0 Å². The maximum atomic E-state index is 12.5. The Bertz CT molecular complexity index is 739. The second-order valence-electron chi connectivity index (χ2n) is 4.43. The number of halogens is 3. The van der Waals surface area contributed by atoms with Crippen molar-refractivity contribution in [3.05, 3.63) is 58.0 Å². The Labute approximate surface area is 128 Å². The maximum absolute atomic E-state index is 12.5. The quantitative estimate of drug-likeness (QED) is 0.847. The molecule has 22 heavy (non-hydrogen) atoms. The summed E-state index contributed by atoms with van der Waals surface area (Å²) < 4.78 is 29.1. The Morgan fingerprint density at radius 3 is 2.50 bits per heavy atom. The molecule has 2 aromatic rings. The van der Waals surface area contributed by atoms with E-state index in [9.17, 15) is 18.4 Å². The number of aromatic nitrogens is 1. The van der Waals surface area contributed by atoms with Crippen LogP contribution in [0.15, 0.2) is 41.3 Å². The molecule has 0 atom stereocenters. The number of anilines is 1. The van der Waals surface area contributed by atoms with Crippen LogP contribution in [-0.2, 0) is 0 Å². The minimum atomic E-state index is -3.79. The highest BCUT2D eigenvalue weighted by Gasteiger charge is 2.27. The lowest BCUT2D eigenvalue weighted by Crippen LogP contribution is -2.17. The van der Waals surface area contributed by atoms with Crippen LogP contribution >= 0.6 is 11.6 Å². The van der Waals surface area contributed by atoms with Crippen LogP contribution in [0, 0.1) is 6.92 Å². The standard InChI is InChI=1S/C14H11ClF2N2O3/c1-8-6-9(7-18-12(8)20)13(21)19-10-2-4-11(5-3-10)22-14(15,16)17/h2-7H,1H3,(H,18,20)(H,19,21). The Morgan fingerprint density at radius 1 is 1.32 bits per heavy atom. The zero-order valence-electron chi connectivity index (χ0n) is 11.3. The van der Waals surface area contributed by atoms with Gasteiger partial charge in [0.25, 0.3) is 11.5 Å². The van der Waals surface area contributed by atoms with Crippen LogP contribution in [0.25, 0.3) is 0 Å². The third-order valence-electron chi connectivity index (χ3n) is 2.70. The molecule has 0 bridgehead atoms. The number of pyridine rings is 1. The smallest absolute Gasteiger partial charge is 0.420 e. The van der Waals surface area contributed by atoms with E-state index in [1.54, 1.807) is 6.92 Å². The highest BCUT2D eigenvalue weighted by molar-refractivity contribution is 6.20. The van der Waals surface area contributed by atoms with E-state index in [1.165, 1.54) is 36.5 Å². The fourth-order valence-electron chi connectivity index (χ4n) is 1.67. The van der Waals surface area contributed by atoms with Gasteiger partial charge in [0.1, 0.15) is 5.75 Å². The molecule has 8 heteroatoms. The minimum Gasteiger partial charge on any atom is -0.420 e. The van der Waals surface area contributed by atoms with E-state index in [0.29, 0.717) is 11.3 Å². The van der Waals surface area contributed by atoms with Gasteiger partial charge in [-0.3, -0.25) is 9.59 Å². The lowest BCUT2D eigenvalue weighted by atomic mass is 10.2. The van der Waals surface area contributed by atoms with Gasteiger partial charge < -0.3 is 15.0 Å². The Kier molecular flexibility index (Phi) is 4.46. The molecular formula is C14H11ClF2N2O3. The molecule has 5 nitrogen and oxygen atoms in total. The van der Waals surface area contributed by atoms with Crippen LogP contribution in [0.4, 0.5) is 14.5 Å². The summed E-state index contributed by atoms with van der Waals surface area (Å²) >= 11 is 4.65. The van der Waals surface area contributed by atoms with Crippen molar-refractivity contribution in [1.82, 2.24) is 4.98 Å². The molecule has 2 rings (SSSR count). The second kappa shape index (κ2) is 6.15. The van der Waals surface area contributed by atoms with Gasteiger partial charge in [-0.2, -0.15) is 0 Å². The van der Waals surface area contributed by atoms with Gasteiger partial charge >= 0.3 is 5.57 Å². The number of rotatable bonds is 4. The van der Waals surface area contributed by atoms with Crippen molar-refractivity contribution in [2.45, 2.75) is 12.5 Å². The highest BCUT2D eigenvalue weighted by Crippen LogP contribution is 2.26. The van der Waals surface area contributed by atoms with Crippen LogP contribution in [-0.4, -0.2) is 16.5 Å². The van der Waals surface area contributed by atoms with E-state index < -0.39 is 11.5 Å². The van der Waals surface area contributed by atoms with Gasteiger partial charge in [0.2, 0.25) is 0 Å². The van der Waals surface area contributed by atoms with Crippen molar-refractivity contribution in [2.24, 2.45) is 0 Å². The van der Waals surface area contributed by atoms with Gasteiger partial charge in [0.15, 0.2) is 0 Å². The summed E-state index contributed by atoms with van der Waals surface area (Å²) in [5, 5.41) is 2.56. The lowest BCUT2D eigenvalue weighted by molar-refractivity contribution is -0.0964. The monoisotopic (exact) mass is 328 g/mol. The Hall–Kier alpha value is -2.41. The third-order valence-corrected chi connectivity index (χ3v) is 2.77.